The predicted molar refractivity (Wildman–Crippen MR) is 232 cm³/mol. The molecule has 0 aliphatic rings. The van der Waals surface area contributed by atoms with E-state index in [4.69, 9.17) is 15.0 Å². The molecule has 0 fully saturated rings. The van der Waals surface area contributed by atoms with Crippen LogP contribution in [0, 0.1) is 0 Å². The molecule has 0 N–H and O–H groups in total. The lowest BCUT2D eigenvalue weighted by Gasteiger charge is -2.15. The van der Waals surface area contributed by atoms with Gasteiger partial charge in [0, 0.05) is 66.8 Å². The highest BCUT2D eigenvalue weighted by molar-refractivity contribution is 7.26. The van der Waals surface area contributed by atoms with Crippen molar-refractivity contribution < 1.29 is 0 Å². The van der Waals surface area contributed by atoms with Crippen molar-refractivity contribution in [1.29, 1.82) is 0 Å². The average molecular weight is 734 g/mol. The van der Waals surface area contributed by atoms with Gasteiger partial charge in [0.2, 0.25) is 0 Å². The van der Waals surface area contributed by atoms with Crippen LogP contribution in [0.2, 0.25) is 0 Å². The Balaban J connectivity index is 1.19. The third-order valence-electron chi connectivity index (χ3n) is 10.5. The van der Waals surface area contributed by atoms with Crippen LogP contribution in [-0.2, 0) is 0 Å². The summed E-state index contributed by atoms with van der Waals surface area (Å²) >= 11 is 1.79. The second-order valence-corrected chi connectivity index (χ2v) is 14.9. The van der Waals surface area contributed by atoms with Gasteiger partial charge in [-0.15, -0.1) is 11.3 Å². The van der Waals surface area contributed by atoms with Crippen molar-refractivity contribution in [3.8, 4) is 62.0 Å². The van der Waals surface area contributed by atoms with Crippen molar-refractivity contribution in [1.82, 2.24) is 24.5 Å². The Kier molecular flexibility index (Phi) is 7.60. The smallest absolute Gasteiger partial charge is 0.160 e. The van der Waals surface area contributed by atoms with Gasteiger partial charge in [0.15, 0.2) is 5.82 Å². The molecule has 0 amide bonds. The van der Waals surface area contributed by atoms with Crippen LogP contribution in [0.1, 0.15) is 0 Å². The SMILES string of the molecule is c1ccc(-c2cc(-c3cc(-c4ccnc5c4sc4ccccc45)cc(-n4c5ccccc5c5ccccc54)c3)nc(-c3cccc(-c4ccccn4)c3)n2)cc1. The Morgan fingerprint density at radius 1 is 0.411 bits per heavy atom. The van der Waals surface area contributed by atoms with Crippen LogP contribution >= 0.6 is 11.3 Å². The fraction of sp³-hybridized carbons (Fsp3) is 0. The maximum atomic E-state index is 5.36. The minimum Gasteiger partial charge on any atom is -0.309 e. The molecule has 11 aromatic rings. The average Bonchev–Trinajstić information content (AvgIpc) is 3.83. The topological polar surface area (TPSA) is 56.5 Å². The van der Waals surface area contributed by atoms with Gasteiger partial charge in [0.25, 0.3) is 0 Å². The zero-order valence-electron chi connectivity index (χ0n) is 30.0. The van der Waals surface area contributed by atoms with Gasteiger partial charge in [-0.05, 0) is 72.3 Å². The molecule has 11 rings (SSSR count). The minimum absolute atomic E-state index is 0.652. The normalized spacial score (nSPS) is 11.6. The fourth-order valence-corrected chi connectivity index (χ4v) is 9.10. The van der Waals surface area contributed by atoms with Crippen LogP contribution in [0.5, 0.6) is 0 Å². The van der Waals surface area contributed by atoms with E-state index in [1.807, 2.05) is 36.7 Å². The molecule has 56 heavy (non-hydrogen) atoms. The van der Waals surface area contributed by atoms with Crippen molar-refractivity contribution in [2.24, 2.45) is 0 Å². The molecule has 0 atom stereocenters. The Morgan fingerprint density at radius 2 is 1.05 bits per heavy atom. The zero-order chi connectivity index (χ0) is 37.0. The second kappa shape index (κ2) is 13.2. The lowest BCUT2D eigenvalue weighted by Crippen LogP contribution is -1.99. The summed E-state index contributed by atoms with van der Waals surface area (Å²) in [6, 6.07) is 61.7. The van der Waals surface area contributed by atoms with Crippen molar-refractivity contribution in [3.05, 3.63) is 188 Å². The molecule has 0 bridgehead atoms. The predicted octanol–water partition coefficient (Wildman–Crippen LogP) is 13.1. The minimum atomic E-state index is 0.652. The van der Waals surface area contributed by atoms with Gasteiger partial charge in [-0.2, -0.15) is 0 Å². The van der Waals surface area contributed by atoms with Gasteiger partial charge in [-0.25, -0.2) is 9.97 Å². The van der Waals surface area contributed by atoms with E-state index in [1.54, 1.807) is 11.3 Å². The first-order valence-corrected chi connectivity index (χ1v) is 19.4. The summed E-state index contributed by atoms with van der Waals surface area (Å²) in [6.45, 7) is 0. The van der Waals surface area contributed by atoms with Crippen LogP contribution in [-0.4, -0.2) is 24.5 Å². The molecule has 6 heteroatoms. The van der Waals surface area contributed by atoms with Crippen LogP contribution in [0.3, 0.4) is 0 Å². The summed E-state index contributed by atoms with van der Waals surface area (Å²) in [5, 5.41) is 3.61. The van der Waals surface area contributed by atoms with Crippen LogP contribution in [0.25, 0.3) is 104 Å². The number of nitrogens with zero attached hydrogens (tertiary/aromatic N) is 5. The molecule has 262 valence electrons. The number of rotatable bonds is 6. The lowest BCUT2D eigenvalue weighted by atomic mass is 9.99. The molecule has 0 radical (unpaired) electrons. The third-order valence-corrected chi connectivity index (χ3v) is 11.7. The van der Waals surface area contributed by atoms with E-state index >= 15 is 0 Å². The van der Waals surface area contributed by atoms with E-state index in [-0.39, 0.29) is 0 Å². The Morgan fingerprint density at radius 3 is 1.84 bits per heavy atom. The van der Waals surface area contributed by atoms with E-state index < -0.39 is 0 Å². The van der Waals surface area contributed by atoms with Crippen molar-refractivity contribution in [2.75, 3.05) is 0 Å². The molecular weight excluding hydrogens is 703 g/mol. The monoisotopic (exact) mass is 733 g/mol. The Labute approximate surface area is 326 Å². The van der Waals surface area contributed by atoms with Crippen molar-refractivity contribution in [2.45, 2.75) is 0 Å². The molecule has 0 aliphatic heterocycles. The van der Waals surface area contributed by atoms with Gasteiger partial charge in [0.05, 0.1) is 38.3 Å². The van der Waals surface area contributed by atoms with Crippen LogP contribution in [0.4, 0.5) is 0 Å². The number of thiophene rings is 1. The number of benzene rings is 6. The second-order valence-electron chi connectivity index (χ2n) is 13.9. The van der Waals surface area contributed by atoms with Gasteiger partial charge in [0.1, 0.15) is 0 Å². The molecule has 5 aromatic heterocycles. The highest BCUT2D eigenvalue weighted by Gasteiger charge is 2.19. The van der Waals surface area contributed by atoms with Gasteiger partial charge >= 0.3 is 0 Å². The van der Waals surface area contributed by atoms with Crippen LogP contribution < -0.4 is 0 Å². The van der Waals surface area contributed by atoms with Gasteiger partial charge in [-0.3, -0.25) is 9.97 Å². The number of fused-ring (bicyclic) bond motifs is 6. The summed E-state index contributed by atoms with van der Waals surface area (Å²) in [6.07, 6.45) is 3.76. The molecule has 0 saturated carbocycles. The maximum absolute atomic E-state index is 5.36. The maximum Gasteiger partial charge on any atom is 0.160 e. The van der Waals surface area contributed by atoms with E-state index in [1.165, 1.54) is 25.6 Å². The standard InChI is InChI=1S/C50H31N5S/c1-2-13-32(14-3-1)43-31-44(54-50(53-43)34-16-12-15-33(27-34)42-20-10-11-25-51-42)36-28-35(38-24-26-52-48-41-19-6-9-23-47(41)56-49(38)48)29-37(30-36)55-45-21-7-4-17-39(45)40-18-5-8-22-46(40)55/h1-31H. The first kappa shape index (κ1) is 32.2. The number of pyridine rings is 2. The number of hydrogen-bond donors (Lipinski definition) is 0. The fourth-order valence-electron chi connectivity index (χ4n) is 7.91. The molecule has 5 heterocycles. The van der Waals surface area contributed by atoms with Crippen molar-refractivity contribution >= 4 is 53.4 Å². The first-order chi connectivity index (χ1) is 27.7. The first-order valence-electron chi connectivity index (χ1n) is 18.6. The van der Waals surface area contributed by atoms with E-state index in [2.05, 4.69) is 161 Å². The summed E-state index contributed by atoms with van der Waals surface area (Å²) in [5.41, 5.74) is 13.2. The van der Waals surface area contributed by atoms with E-state index in [9.17, 15) is 0 Å². The highest BCUT2D eigenvalue weighted by atomic mass is 32.1. The van der Waals surface area contributed by atoms with E-state index in [0.717, 1.165) is 72.7 Å². The third kappa shape index (κ3) is 5.46. The molecule has 0 aliphatic carbocycles. The van der Waals surface area contributed by atoms with Gasteiger partial charge < -0.3 is 4.57 Å². The molecule has 0 unspecified atom stereocenters. The Hall–Kier alpha value is -7.28. The highest BCUT2D eigenvalue weighted by Crippen LogP contribution is 2.42. The van der Waals surface area contributed by atoms with Crippen molar-refractivity contribution in [3.63, 3.8) is 0 Å². The van der Waals surface area contributed by atoms with Gasteiger partial charge in [-0.1, -0.05) is 109 Å². The summed E-state index contributed by atoms with van der Waals surface area (Å²) < 4.78 is 4.78. The molecule has 5 nitrogen and oxygen atoms in total. The zero-order valence-corrected chi connectivity index (χ0v) is 30.9. The quantitative estimate of drug-likeness (QED) is 0.171. The molecule has 0 spiro atoms. The number of hydrogen-bond acceptors (Lipinski definition) is 5. The largest absolute Gasteiger partial charge is 0.309 e. The summed E-state index contributed by atoms with van der Waals surface area (Å²) in [7, 11) is 0. The lowest BCUT2D eigenvalue weighted by molar-refractivity contribution is 1.16. The molecule has 0 saturated heterocycles. The number of para-hydroxylation sites is 2. The number of aromatic nitrogens is 5. The molecule has 6 aromatic carbocycles. The van der Waals surface area contributed by atoms with E-state index in [0.29, 0.717) is 5.82 Å². The summed E-state index contributed by atoms with van der Waals surface area (Å²) in [4.78, 5) is 20.1. The Bertz CT molecular complexity index is 3200. The summed E-state index contributed by atoms with van der Waals surface area (Å²) in [5.74, 6) is 0.652. The van der Waals surface area contributed by atoms with Crippen LogP contribution in [0.15, 0.2) is 188 Å². The molecular formula is C50H31N5S.